The summed E-state index contributed by atoms with van der Waals surface area (Å²) in [5.41, 5.74) is 6.54. The molecule has 0 bridgehead atoms. The molecule has 0 aromatic carbocycles. The lowest BCUT2D eigenvalue weighted by Gasteiger charge is -2.50. The zero-order valence-electron chi connectivity index (χ0n) is 13.6. The molecule has 0 atom stereocenters. The number of piperidine rings is 1. The summed E-state index contributed by atoms with van der Waals surface area (Å²) in [6.45, 7) is 6.54. The van der Waals surface area contributed by atoms with Crippen molar-refractivity contribution in [3.63, 3.8) is 0 Å². The second-order valence-electron chi connectivity index (χ2n) is 7.05. The summed E-state index contributed by atoms with van der Waals surface area (Å²) in [6.07, 6.45) is 10.7. The summed E-state index contributed by atoms with van der Waals surface area (Å²) in [7, 11) is 1.82. The summed E-state index contributed by atoms with van der Waals surface area (Å²) in [6, 6.07) is 0. The minimum absolute atomic E-state index is 0.322. The van der Waals surface area contributed by atoms with Crippen molar-refractivity contribution in [2.24, 2.45) is 17.6 Å². The van der Waals surface area contributed by atoms with E-state index in [-0.39, 0.29) is 0 Å². The zero-order valence-corrected chi connectivity index (χ0v) is 13.6. The highest BCUT2D eigenvalue weighted by molar-refractivity contribution is 4.97. The lowest BCUT2D eigenvalue weighted by atomic mass is 9.73. The second-order valence-corrected chi connectivity index (χ2v) is 7.05. The van der Waals surface area contributed by atoms with Gasteiger partial charge in [-0.3, -0.25) is 4.90 Å². The third-order valence-corrected chi connectivity index (χ3v) is 5.80. The molecule has 1 heterocycles. The van der Waals surface area contributed by atoms with Gasteiger partial charge in [-0.15, -0.1) is 0 Å². The first-order chi connectivity index (χ1) is 9.74. The second kappa shape index (κ2) is 7.77. The van der Waals surface area contributed by atoms with Gasteiger partial charge >= 0.3 is 0 Å². The van der Waals surface area contributed by atoms with E-state index >= 15 is 0 Å². The summed E-state index contributed by atoms with van der Waals surface area (Å²) >= 11 is 0. The summed E-state index contributed by atoms with van der Waals surface area (Å²) in [4.78, 5) is 2.72. The van der Waals surface area contributed by atoms with Crippen LogP contribution in [-0.4, -0.2) is 43.8 Å². The average molecular weight is 282 g/mol. The minimum atomic E-state index is 0.322. The Morgan fingerprint density at radius 2 is 1.75 bits per heavy atom. The molecule has 118 valence electrons. The molecule has 2 rings (SSSR count). The van der Waals surface area contributed by atoms with Gasteiger partial charge in [0.2, 0.25) is 0 Å². The molecule has 2 N–H and O–H groups in total. The normalized spacial score (nSPS) is 33.5. The van der Waals surface area contributed by atoms with Gasteiger partial charge in [-0.05, 0) is 63.5 Å². The van der Waals surface area contributed by atoms with Crippen molar-refractivity contribution in [2.75, 3.05) is 33.4 Å². The van der Waals surface area contributed by atoms with Crippen molar-refractivity contribution < 1.29 is 4.74 Å². The van der Waals surface area contributed by atoms with Gasteiger partial charge in [0.15, 0.2) is 0 Å². The van der Waals surface area contributed by atoms with Gasteiger partial charge in [-0.25, -0.2) is 0 Å². The number of hydrogen-bond acceptors (Lipinski definition) is 3. The van der Waals surface area contributed by atoms with Crippen molar-refractivity contribution in [3.8, 4) is 0 Å². The van der Waals surface area contributed by atoms with Gasteiger partial charge in [-0.1, -0.05) is 19.8 Å². The van der Waals surface area contributed by atoms with E-state index in [0.717, 1.165) is 25.0 Å². The lowest BCUT2D eigenvalue weighted by Crippen LogP contribution is -2.58. The van der Waals surface area contributed by atoms with Crippen LogP contribution in [0.4, 0.5) is 0 Å². The Labute approximate surface area is 125 Å². The first-order valence-corrected chi connectivity index (χ1v) is 8.68. The summed E-state index contributed by atoms with van der Waals surface area (Å²) in [5.74, 6) is 1.73. The van der Waals surface area contributed by atoms with Crippen LogP contribution in [0.25, 0.3) is 0 Å². The zero-order chi connectivity index (χ0) is 14.4. The molecule has 0 radical (unpaired) electrons. The number of likely N-dealkylation sites (tertiary alicyclic amines) is 1. The molecule has 1 aliphatic carbocycles. The largest absolute Gasteiger partial charge is 0.384 e. The van der Waals surface area contributed by atoms with Crippen LogP contribution in [0.3, 0.4) is 0 Å². The Kier molecular flexibility index (Phi) is 6.31. The lowest BCUT2D eigenvalue weighted by molar-refractivity contribution is 0.00305. The molecule has 2 fully saturated rings. The third-order valence-electron chi connectivity index (χ3n) is 5.80. The molecular weight excluding hydrogens is 248 g/mol. The molecule has 0 spiro atoms. The van der Waals surface area contributed by atoms with Crippen LogP contribution in [0.1, 0.15) is 58.3 Å². The van der Waals surface area contributed by atoms with Crippen molar-refractivity contribution in [1.82, 2.24) is 4.90 Å². The molecular formula is C17H34N2O. The van der Waals surface area contributed by atoms with Crippen LogP contribution >= 0.6 is 0 Å². The first-order valence-electron chi connectivity index (χ1n) is 8.68. The highest BCUT2D eigenvalue weighted by Crippen LogP contribution is 2.39. The SMILES string of the molecule is CCCC1CCC(CN)(N2CCC(COC)CC2)CC1. The molecule has 3 nitrogen and oxygen atoms in total. The van der Waals surface area contributed by atoms with Crippen LogP contribution in [0.2, 0.25) is 0 Å². The van der Waals surface area contributed by atoms with E-state index in [2.05, 4.69) is 11.8 Å². The molecule has 0 aromatic rings. The van der Waals surface area contributed by atoms with E-state index in [1.807, 2.05) is 7.11 Å². The van der Waals surface area contributed by atoms with Gasteiger partial charge in [-0.2, -0.15) is 0 Å². The molecule has 1 aliphatic heterocycles. The van der Waals surface area contributed by atoms with Gasteiger partial charge in [0.25, 0.3) is 0 Å². The average Bonchev–Trinajstić information content (AvgIpc) is 2.50. The van der Waals surface area contributed by atoms with Gasteiger partial charge in [0.05, 0.1) is 0 Å². The van der Waals surface area contributed by atoms with Crippen LogP contribution in [0.5, 0.6) is 0 Å². The van der Waals surface area contributed by atoms with Gasteiger partial charge < -0.3 is 10.5 Å². The molecule has 0 amide bonds. The summed E-state index contributed by atoms with van der Waals surface area (Å²) < 4.78 is 5.31. The highest BCUT2D eigenvalue weighted by Gasteiger charge is 2.40. The van der Waals surface area contributed by atoms with Crippen LogP contribution < -0.4 is 5.73 Å². The quantitative estimate of drug-likeness (QED) is 0.814. The first kappa shape index (κ1) is 16.3. The van der Waals surface area contributed by atoms with E-state index in [1.54, 1.807) is 0 Å². The van der Waals surface area contributed by atoms with Crippen LogP contribution in [0.15, 0.2) is 0 Å². The number of nitrogens with two attached hydrogens (primary N) is 1. The number of methoxy groups -OCH3 is 1. The predicted molar refractivity (Wildman–Crippen MR) is 84.8 cm³/mol. The smallest absolute Gasteiger partial charge is 0.0491 e. The van der Waals surface area contributed by atoms with Crippen molar-refractivity contribution >= 4 is 0 Å². The number of ether oxygens (including phenoxy) is 1. The van der Waals surface area contributed by atoms with Gasteiger partial charge in [0.1, 0.15) is 0 Å². The molecule has 2 aliphatic rings. The van der Waals surface area contributed by atoms with Crippen molar-refractivity contribution in [1.29, 1.82) is 0 Å². The van der Waals surface area contributed by atoms with E-state index < -0.39 is 0 Å². The Hall–Kier alpha value is -0.120. The fourth-order valence-electron chi connectivity index (χ4n) is 4.37. The molecule has 0 aromatic heterocycles. The van der Waals surface area contributed by atoms with Crippen LogP contribution in [0, 0.1) is 11.8 Å². The van der Waals surface area contributed by atoms with E-state index in [1.165, 1.54) is 64.5 Å². The fraction of sp³-hybridized carbons (Fsp3) is 1.00. The minimum Gasteiger partial charge on any atom is -0.384 e. The number of nitrogens with zero attached hydrogens (tertiary/aromatic N) is 1. The molecule has 20 heavy (non-hydrogen) atoms. The number of rotatable bonds is 6. The summed E-state index contributed by atoms with van der Waals surface area (Å²) in [5, 5.41) is 0. The maximum absolute atomic E-state index is 6.22. The Morgan fingerprint density at radius 3 is 2.25 bits per heavy atom. The van der Waals surface area contributed by atoms with E-state index in [9.17, 15) is 0 Å². The fourth-order valence-corrected chi connectivity index (χ4v) is 4.37. The highest BCUT2D eigenvalue weighted by atomic mass is 16.5. The Bertz CT molecular complexity index is 266. The monoisotopic (exact) mass is 282 g/mol. The van der Waals surface area contributed by atoms with Crippen LogP contribution in [-0.2, 0) is 4.74 Å². The van der Waals surface area contributed by atoms with Crippen molar-refractivity contribution in [3.05, 3.63) is 0 Å². The van der Waals surface area contributed by atoms with E-state index in [4.69, 9.17) is 10.5 Å². The standard InChI is InChI=1S/C17H34N2O/c1-3-4-15-5-9-17(14-18,10-6-15)19-11-7-16(8-12-19)13-20-2/h15-16H,3-14,18H2,1-2H3. The predicted octanol–water partition coefficient (Wildman–Crippen LogP) is 3.03. The maximum atomic E-state index is 6.22. The topological polar surface area (TPSA) is 38.5 Å². The molecule has 1 saturated heterocycles. The molecule has 0 unspecified atom stereocenters. The number of hydrogen-bond donors (Lipinski definition) is 1. The molecule has 3 heteroatoms. The van der Waals surface area contributed by atoms with Crippen molar-refractivity contribution in [2.45, 2.75) is 63.8 Å². The Balaban J connectivity index is 1.86. The molecule has 1 saturated carbocycles. The van der Waals surface area contributed by atoms with E-state index in [0.29, 0.717) is 5.54 Å². The third kappa shape index (κ3) is 3.75. The van der Waals surface area contributed by atoms with Gasteiger partial charge in [0, 0.05) is 25.8 Å². The maximum Gasteiger partial charge on any atom is 0.0491 e. The Morgan fingerprint density at radius 1 is 1.10 bits per heavy atom.